The second-order valence-electron chi connectivity index (χ2n) is 3.09. The molecule has 0 rings (SSSR count). The monoisotopic (exact) mass is 265 g/mol. The van der Waals surface area contributed by atoms with Gasteiger partial charge in [0.25, 0.3) is 0 Å². The fraction of sp³-hybridized carbons (Fsp3) is 0.778. The quantitative estimate of drug-likeness (QED) is 0.773. The van der Waals surface area contributed by atoms with Crippen LogP contribution in [0.5, 0.6) is 0 Å². The van der Waals surface area contributed by atoms with Gasteiger partial charge in [-0.05, 0) is 20.3 Å². The molecule has 4 nitrogen and oxygen atoms in total. The molecule has 1 unspecified atom stereocenters. The number of hydrogen-bond donors (Lipinski definition) is 1. The van der Waals surface area contributed by atoms with Crippen LogP contribution in [-0.4, -0.2) is 29.4 Å². The summed E-state index contributed by atoms with van der Waals surface area (Å²) in [5.74, 6) is -0.0620. The standard InChI is InChI=1S/C9H16BrNO3/c1-4-9(3,7(12)6-10)11-8(13)14-5-2/h4-6H2,1-3H3,(H,11,13). The zero-order chi connectivity index (χ0) is 11.2. The van der Waals surface area contributed by atoms with Gasteiger partial charge in [0.2, 0.25) is 0 Å². The minimum Gasteiger partial charge on any atom is -0.450 e. The highest BCUT2D eigenvalue weighted by atomic mass is 79.9. The van der Waals surface area contributed by atoms with E-state index in [2.05, 4.69) is 21.2 Å². The predicted octanol–water partition coefficient (Wildman–Crippen LogP) is 1.87. The lowest BCUT2D eigenvalue weighted by Crippen LogP contribution is -2.52. The maximum atomic E-state index is 11.5. The van der Waals surface area contributed by atoms with E-state index in [0.29, 0.717) is 13.0 Å². The van der Waals surface area contributed by atoms with E-state index in [4.69, 9.17) is 4.74 Å². The zero-order valence-corrected chi connectivity index (χ0v) is 10.3. The van der Waals surface area contributed by atoms with Crippen LogP contribution in [0.4, 0.5) is 4.79 Å². The zero-order valence-electron chi connectivity index (χ0n) is 8.72. The van der Waals surface area contributed by atoms with Crippen molar-refractivity contribution in [2.24, 2.45) is 0 Å². The van der Waals surface area contributed by atoms with Crippen molar-refractivity contribution in [3.8, 4) is 0 Å². The number of nitrogens with one attached hydrogen (secondary N) is 1. The Morgan fingerprint density at radius 1 is 1.43 bits per heavy atom. The number of amides is 1. The molecule has 5 heteroatoms. The Hall–Kier alpha value is -0.580. The molecule has 1 amide bonds. The number of rotatable bonds is 5. The minimum absolute atomic E-state index is 0.0620. The largest absolute Gasteiger partial charge is 0.450 e. The number of halogens is 1. The topological polar surface area (TPSA) is 55.4 Å². The van der Waals surface area contributed by atoms with Crippen LogP contribution in [-0.2, 0) is 9.53 Å². The Morgan fingerprint density at radius 2 is 2.00 bits per heavy atom. The van der Waals surface area contributed by atoms with Gasteiger partial charge in [-0.25, -0.2) is 4.79 Å². The van der Waals surface area contributed by atoms with Crippen molar-refractivity contribution in [3.05, 3.63) is 0 Å². The first-order valence-electron chi connectivity index (χ1n) is 4.54. The Labute approximate surface area is 92.5 Å². The van der Waals surface area contributed by atoms with Gasteiger partial charge in [0.1, 0.15) is 0 Å². The molecule has 1 N–H and O–H groups in total. The normalized spacial score (nSPS) is 14.3. The third-order valence-electron chi connectivity index (χ3n) is 2.10. The molecule has 0 spiro atoms. The molecular formula is C9H16BrNO3. The summed E-state index contributed by atoms with van der Waals surface area (Å²) in [5.41, 5.74) is -0.838. The molecule has 0 aromatic heterocycles. The number of ketones is 1. The number of Topliss-reactive ketones (excluding diaryl/α,β-unsaturated/α-hetero) is 1. The predicted molar refractivity (Wildman–Crippen MR) is 57.7 cm³/mol. The van der Waals surface area contributed by atoms with Crippen molar-refractivity contribution >= 4 is 27.8 Å². The van der Waals surface area contributed by atoms with Crippen LogP contribution in [0.15, 0.2) is 0 Å². The maximum Gasteiger partial charge on any atom is 0.407 e. The number of carbonyl (C=O) groups excluding carboxylic acids is 2. The van der Waals surface area contributed by atoms with E-state index in [1.807, 2.05) is 6.92 Å². The van der Waals surface area contributed by atoms with Crippen molar-refractivity contribution in [1.82, 2.24) is 5.32 Å². The highest BCUT2D eigenvalue weighted by Crippen LogP contribution is 2.12. The molecule has 0 fully saturated rings. The van der Waals surface area contributed by atoms with E-state index in [1.54, 1.807) is 13.8 Å². The number of ether oxygens (including phenoxy) is 1. The van der Waals surface area contributed by atoms with E-state index in [-0.39, 0.29) is 11.1 Å². The highest BCUT2D eigenvalue weighted by Gasteiger charge is 2.32. The van der Waals surface area contributed by atoms with Crippen LogP contribution in [0.1, 0.15) is 27.2 Å². The van der Waals surface area contributed by atoms with E-state index in [1.165, 1.54) is 0 Å². The summed E-state index contributed by atoms with van der Waals surface area (Å²) < 4.78 is 4.72. The molecule has 14 heavy (non-hydrogen) atoms. The van der Waals surface area contributed by atoms with Gasteiger partial charge in [0.15, 0.2) is 5.78 Å². The van der Waals surface area contributed by atoms with Gasteiger partial charge in [-0.3, -0.25) is 4.79 Å². The van der Waals surface area contributed by atoms with Crippen LogP contribution in [0, 0.1) is 0 Å². The SMILES string of the molecule is CCOC(=O)NC(C)(CC)C(=O)CBr. The number of hydrogen-bond acceptors (Lipinski definition) is 3. The Morgan fingerprint density at radius 3 is 2.36 bits per heavy atom. The molecule has 0 aromatic rings. The summed E-state index contributed by atoms with van der Waals surface area (Å²) in [6.07, 6.45) is -0.0119. The first kappa shape index (κ1) is 13.4. The van der Waals surface area contributed by atoms with E-state index < -0.39 is 11.6 Å². The summed E-state index contributed by atoms with van der Waals surface area (Å²) in [4.78, 5) is 22.6. The van der Waals surface area contributed by atoms with Crippen LogP contribution < -0.4 is 5.32 Å². The Balaban J connectivity index is 4.39. The molecule has 0 aromatic carbocycles. The first-order valence-corrected chi connectivity index (χ1v) is 5.66. The highest BCUT2D eigenvalue weighted by molar-refractivity contribution is 9.09. The molecule has 0 aliphatic carbocycles. The lowest BCUT2D eigenvalue weighted by Gasteiger charge is -2.26. The van der Waals surface area contributed by atoms with Crippen molar-refractivity contribution in [1.29, 1.82) is 0 Å². The minimum atomic E-state index is -0.838. The summed E-state index contributed by atoms with van der Waals surface area (Å²) in [6.45, 7) is 5.55. The molecule has 0 aliphatic heterocycles. The van der Waals surface area contributed by atoms with Crippen molar-refractivity contribution in [2.75, 3.05) is 11.9 Å². The molecule has 1 atom stereocenters. The van der Waals surface area contributed by atoms with Gasteiger partial charge in [-0.15, -0.1) is 0 Å². The number of alkyl carbamates (subject to hydrolysis) is 1. The van der Waals surface area contributed by atoms with E-state index in [0.717, 1.165) is 0 Å². The van der Waals surface area contributed by atoms with Crippen LogP contribution in [0.2, 0.25) is 0 Å². The summed E-state index contributed by atoms with van der Waals surface area (Å²) in [6, 6.07) is 0. The molecule has 0 heterocycles. The van der Waals surface area contributed by atoms with Crippen LogP contribution in [0.3, 0.4) is 0 Å². The third kappa shape index (κ3) is 3.65. The fourth-order valence-corrected chi connectivity index (χ4v) is 1.51. The summed E-state index contributed by atoms with van der Waals surface area (Å²) in [7, 11) is 0. The Bertz CT molecular complexity index is 220. The van der Waals surface area contributed by atoms with Gasteiger partial charge in [-0.2, -0.15) is 0 Å². The summed E-state index contributed by atoms with van der Waals surface area (Å²) in [5, 5.41) is 2.78. The summed E-state index contributed by atoms with van der Waals surface area (Å²) >= 11 is 3.08. The lowest BCUT2D eigenvalue weighted by atomic mass is 9.94. The van der Waals surface area contributed by atoms with Crippen molar-refractivity contribution in [2.45, 2.75) is 32.7 Å². The molecule has 0 aliphatic rings. The van der Waals surface area contributed by atoms with Gasteiger partial charge in [0, 0.05) is 0 Å². The second kappa shape index (κ2) is 6.01. The van der Waals surface area contributed by atoms with E-state index >= 15 is 0 Å². The van der Waals surface area contributed by atoms with Gasteiger partial charge >= 0.3 is 6.09 Å². The first-order chi connectivity index (χ1) is 6.50. The van der Waals surface area contributed by atoms with Gasteiger partial charge in [0.05, 0.1) is 17.5 Å². The van der Waals surface area contributed by atoms with Crippen molar-refractivity contribution < 1.29 is 14.3 Å². The Kier molecular flexibility index (Phi) is 5.76. The number of carbonyl (C=O) groups is 2. The molecular weight excluding hydrogens is 250 g/mol. The molecule has 0 bridgehead atoms. The van der Waals surface area contributed by atoms with Gasteiger partial charge in [-0.1, -0.05) is 22.9 Å². The average Bonchev–Trinajstić information content (AvgIpc) is 2.16. The lowest BCUT2D eigenvalue weighted by molar-refractivity contribution is -0.122. The smallest absolute Gasteiger partial charge is 0.407 e. The molecule has 0 radical (unpaired) electrons. The fourth-order valence-electron chi connectivity index (χ4n) is 0.895. The number of alkyl halides is 1. The second-order valence-corrected chi connectivity index (χ2v) is 3.65. The van der Waals surface area contributed by atoms with Gasteiger partial charge < -0.3 is 10.1 Å². The van der Waals surface area contributed by atoms with Crippen molar-refractivity contribution in [3.63, 3.8) is 0 Å². The maximum absolute atomic E-state index is 11.5. The van der Waals surface area contributed by atoms with E-state index in [9.17, 15) is 9.59 Å². The van der Waals surface area contributed by atoms with Crippen LogP contribution >= 0.6 is 15.9 Å². The third-order valence-corrected chi connectivity index (χ3v) is 2.61. The molecule has 82 valence electrons. The average molecular weight is 266 g/mol. The molecule has 0 saturated heterocycles. The van der Waals surface area contributed by atoms with Crippen LogP contribution in [0.25, 0.3) is 0 Å². The molecule has 0 saturated carbocycles.